The molecular formula is C20H22N4O. The summed E-state index contributed by atoms with van der Waals surface area (Å²) in [6, 6.07) is 17.9. The first-order valence-corrected chi connectivity index (χ1v) is 8.49. The summed E-state index contributed by atoms with van der Waals surface area (Å²) in [4.78, 5) is 16.4. The zero-order valence-corrected chi connectivity index (χ0v) is 14.4. The molecule has 0 radical (unpaired) electrons. The molecule has 1 saturated heterocycles. The summed E-state index contributed by atoms with van der Waals surface area (Å²) in [5.41, 5.74) is 4.08. The molecule has 5 nitrogen and oxygen atoms in total. The molecule has 1 aliphatic heterocycles. The van der Waals surface area contributed by atoms with E-state index in [1.165, 1.54) is 5.56 Å². The van der Waals surface area contributed by atoms with Crippen molar-refractivity contribution >= 4 is 11.7 Å². The van der Waals surface area contributed by atoms with E-state index in [9.17, 15) is 4.79 Å². The van der Waals surface area contributed by atoms with Gasteiger partial charge in [-0.05, 0) is 36.8 Å². The molecule has 2 aromatic carbocycles. The Kier molecular flexibility index (Phi) is 5.20. The van der Waals surface area contributed by atoms with Crippen LogP contribution in [0.15, 0.2) is 48.5 Å². The summed E-state index contributed by atoms with van der Waals surface area (Å²) >= 11 is 0. The second-order valence-corrected chi connectivity index (χ2v) is 6.28. The maximum Gasteiger partial charge on any atom is 0.317 e. The maximum atomic E-state index is 12.3. The highest BCUT2D eigenvalue weighted by Crippen LogP contribution is 2.17. The Morgan fingerprint density at radius 2 is 1.68 bits per heavy atom. The fraction of sp³-hybridized carbons (Fsp3) is 0.300. The highest BCUT2D eigenvalue weighted by Gasteiger charge is 2.21. The highest BCUT2D eigenvalue weighted by molar-refractivity contribution is 5.74. The molecule has 0 aromatic heterocycles. The van der Waals surface area contributed by atoms with Crippen LogP contribution in [-0.4, -0.2) is 37.1 Å². The molecule has 5 heteroatoms. The Balaban J connectivity index is 1.48. The molecule has 1 fully saturated rings. The van der Waals surface area contributed by atoms with Crippen LogP contribution in [0.2, 0.25) is 0 Å². The Labute approximate surface area is 148 Å². The van der Waals surface area contributed by atoms with Crippen LogP contribution in [0.25, 0.3) is 0 Å². The van der Waals surface area contributed by atoms with Gasteiger partial charge in [0.05, 0.1) is 11.6 Å². The van der Waals surface area contributed by atoms with E-state index >= 15 is 0 Å². The lowest BCUT2D eigenvalue weighted by atomic mass is 10.1. The Hall–Kier alpha value is -3.00. The number of hydrogen-bond acceptors (Lipinski definition) is 3. The fourth-order valence-electron chi connectivity index (χ4n) is 2.91. The first-order valence-electron chi connectivity index (χ1n) is 8.49. The van der Waals surface area contributed by atoms with Crippen molar-refractivity contribution in [1.82, 2.24) is 10.2 Å². The molecule has 0 atom stereocenters. The van der Waals surface area contributed by atoms with Crippen LogP contribution in [0.5, 0.6) is 0 Å². The number of nitrogens with zero attached hydrogens (tertiary/aromatic N) is 3. The van der Waals surface area contributed by atoms with E-state index in [1.807, 2.05) is 41.3 Å². The highest BCUT2D eigenvalue weighted by atomic mass is 16.2. The van der Waals surface area contributed by atoms with Gasteiger partial charge in [-0.1, -0.05) is 29.8 Å². The van der Waals surface area contributed by atoms with Crippen LogP contribution in [0.4, 0.5) is 10.5 Å². The summed E-state index contributed by atoms with van der Waals surface area (Å²) in [5, 5.41) is 11.9. The smallest absolute Gasteiger partial charge is 0.317 e. The predicted molar refractivity (Wildman–Crippen MR) is 98.4 cm³/mol. The molecule has 2 aromatic rings. The van der Waals surface area contributed by atoms with Gasteiger partial charge in [0.2, 0.25) is 0 Å². The average molecular weight is 334 g/mol. The minimum Gasteiger partial charge on any atom is -0.368 e. The summed E-state index contributed by atoms with van der Waals surface area (Å²) in [6.07, 6.45) is 0. The number of piperazine rings is 1. The maximum absolute atomic E-state index is 12.3. The molecule has 0 aliphatic carbocycles. The standard InChI is InChI=1S/C20H22N4O/c1-16-2-4-18(5-3-16)15-22-20(25)24-12-10-23(11-13-24)19-8-6-17(14-21)7-9-19/h2-9H,10-13,15H2,1H3,(H,22,25). The van der Waals surface area contributed by atoms with Crippen molar-refractivity contribution in [1.29, 1.82) is 5.26 Å². The zero-order chi connectivity index (χ0) is 17.6. The number of aryl methyl sites for hydroxylation is 1. The van der Waals surface area contributed by atoms with E-state index in [2.05, 4.69) is 35.3 Å². The number of nitrogens with one attached hydrogen (secondary N) is 1. The predicted octanol–water partition coefficient (Wildman–Crippen LogP) is 2.90. The lowest BCUT2D eigenvalue weighted by Crippen LogP contribution is -2.51. The van der Waals surface area contributed by atoms with Crippen molar-refractivity contribution in [2.45, 2.75) is 13.5 Å². The number of urea groups is 1. The number of benzene rings is 2. The molecule has 3 rings (SSSR count). The quantitative estimate of drug-likeness (QED) is 0.939. The first-order chi connectivity index (χ1) is 12.2. The van der Waals surface area contributed by atoms with Crippen LogP contribution in [-0.2, 0) is 6.54 Å². The van der Waals surface area contributed by atoms with E-state index in [0.717, 1.165) is 24.3 Å². The first kappa shape index (κ1) is 16.8. The number of nitriles is 1. The van der Waals surface area contributed by atoms with Gasteiger partial charge in [-0.3, -0.25) is 0 Å². The molecule has 0 saturated carbocycles. The lowest BCUT2D eigenvalue weighted by molar-refractivity contribution is 0.194. The van der Waals surface area contributed by atoms with Gasteiger partial charge in [0, 0.05) is 38.4 Å². The van der Waals surface area contributed by atoms with Crippen LogP contribution in [0, 0.1) is 18.3 Å². The van der Waals surface area contributed by atoms with Crippen LogP contribution >= 0.6 is 0 Å². The van der Waals surface area contributed by atoms with Gasteiger partial charge >= 0.3 is 6.03 Å². The molecule has 128 valence electrons. The van der Waals surface area contributed by atoms with Gasteiger partial charge in [0.15, 0.2) is 0 Å². The van der Waals surface area contributed by atoms with Crippen molar-refractivity contribution in [2.24, 2.45) is 0 Å². The Morgan fingerprint density at radius 1 is 1.04 bits per heavy atom. The van der Waals surface area contributed by atoms with E-state index in [-0.39, 0.29) is 6.03 Å². The van der Waals surface area contributed by atoms with Crippen molar-refractivity contribution in [3.8, 4) is 6.07 Å². The van der Waals surface area contributed by atoms with Crippen molar-refractivity contribution < 1.29 is 4.79 Å². The minimum absolute atomic E-state index is 0.0138. The average Bonchev–Trinajstić information content (AvgIpc) is 2.67. The van der Waals surface area contributed by atoms with Gasteiger partial charge in [0.1, 0.15) is 0 Å². The molecular weight excluding hydrogens is 312 g/mol. The molecule has 0 unspecified atom stereocenters. The molecule has 0 spiro atoms. The molecule has 0 bridgehead atoms. The topological polar surface area (TPSA) is 59.4 Å². The van der Waals surface area contributed by atoms with Gasteiger partial charge in [-0.15, -0.1) is 0 Å². The van der Waals surface area contributed by atoms with Crippen LogP contribution < -0.4 is 10.2 Å². The number of carbonyl (C=O) groups excluding carboxylic acids is 1. The second kappa shape index (κ2) is 7.71. The monoisotopic (exact) mass is 334 g/mol. The van der Waals surface area contributed by atoms with Gasteiger partial charge in [-0.2, -0.15) is 5.26 Å². The summed E-state index contributed by atoms with van der Waals surface area (Å²) in [7, 11) is 0. The summed E-state index contributed by atoms with van der Waals surface area (Å²) < 4.78 is 0. The molecule has 2 amide bonds. The van der Waals surface area contributed by atoms with E-state index < -0.39 is 0 Å². The third-order valence-electron chi connectivity index (χ3n) is 4.49. The Morgan fingerprint density at radius 3 is 2.28 bits per heavy atom. The number of rotatable bonds is 3. The third kappa shape index (κ3) is 4.30. The van der Waals surface area contributed by atoms with Crippen molar-refractivity contribution in [3.05, 3.63) is 65.2 Å². The number of amides is 2. The van der Waals surface area contributed by atoms with Gasteiger partial charge < -0.3 is 15.1 Å². The molecule has 25 heavy (non-hydrogen) atoms. The lowest BCUT2D eigenvalue weighted by Gasteiger charge is -2.36. The van der Waals surface area contributed by atoms with Gasteiger partial charge in [-0.25, -0.2) is 4.79 Å². The number of carbonyl (C=O) groups is 1. The van der Waals surface area contributed by atoms with Gasteiger partial charge in [0.25, 0.3) is 0 Å². The number of anilines is 1. The SMILES string of the molecule is Cc1ccc(CNC(=O)N2CCN(c3ccc(C#N)cc3)CC2)cc1. The molecule has 1 aliphatic rings. The van der Waals surface area contributed by atoms with Crippen LogP contribution in [0.1, 0.15) is 16.7 Å². The van der Waals surface area contributed by atoms with E-state index in [1.54, 1.807) is 0 Å². The Bertz CT molecular complexity index is 754. The third-order valence-corrected chi connectivity index (χ3v) is 4.49. The second-order valence-electron chi connectivity index (χ2n) is 6.28. The zero-order valence-electron chi connectivity index (χ0n) is 14.4. The number of hydrogen-bond donors (Lipinski definition) is 1. The van der Waals surface area contributed by atoms with Crippen LogP contribution in [0.3, 0.4) is 0 Å². The van der Waals surface area contributed by atoms with E-state index in [4.69, 9.17) is 5.26 Å². The minimum atomic E-state index is -0.0138. The van der Waals surface area contributed by atoms with Crippen molar-refractivity contribution in [2.75, 3.05) is 31.1 Å². The largest absolute Gasteiger partial charge is 0.368 e. The van der Waals surface area contributed by atoms with E-state index in [0.29, 0.717) is 25.2 Å². The summed E-state index contributed by atoms with van der Waals surface area (Å²) in [5.74, 6) is 0. The fourth-order valence-corrected chi connectivity index (χ4v) is 2.91. The normalized spacial score (nSPS) is 14.1. The summed E-state index contributed by atoms with van der Waals surface area (Å²) in [6.45, 7) is 5.58. The molecule has 1 N–H and O–H groups in total. The molecule has 1 heterocycles. The van der Waals surface area contributed by atoms with Crippen molar-refractivity contribution in [3.63, 3.8) is 0 Å².